The average Bonchev–Trinajstić information content (AvgIpc) is 3.00. The van der Waals surface area contributed by atoms with E-state index >= 15 is 0 Å². The fourth-order valence-electron chi connectivity index (χ4n) is 1.66. The first kappa shape index (κ1) is 25.2. The van der Waals surface area contributed by atoms with Crippen LogP contribution in [0.15, 0.2) is 33.5 Å². The maximum Gasteiger partial charge on any atom is 0.223 e. The van der Waals surface area contributed by atoms with Crippen LogP contribution in [0.25, 0.3) is 11.0 Å². The van der Waals surface area contributed by atoms with Gasteiger partial charge in [-0.1, -0.05) is 0 Å². The van der Waals surface area contributed by atoms with E-state index in [1.807, 2.05) is 13.0 Å². The quantitative estimate of drug-likeness (QED) is 0.171. The van der Waals surface area contributed by atoms with Crippen molar-refractivity contribution in [3.05, 3.63) is 50.7 Å². The molecule has 6 N–H and O–H groups in total. The lowest BCUT2D eigenvalue weighted by Gasteiger charge is -1.96. The molecule has 8 nitrogen and oxygen atoms in total. The molecule has 3 rings (SSSR count). The summed E-state index contributed by atoms with van der Waals surface area (Å²) < 4.78 is 14.2. The van der Waals surface area contributed by atoms with E-state index in [0.717, 1.165) is 21.2 Å². The number of Topliss-reactive ketones (excluding diaryl/α,β-unsaturated/α-hetero) is 1. The fraction of sp³-hybridized carbons (Fsp3) is 0.250. The molecule has 0 aliphatic carbocycles. The molecule has 0 radical (unpaired) electrons. The van der Waals surface area contributed by atoms with E-state index in [1.165, 1.54) is 19.2 Å². The monoisotopic (exact) mass is 506 g/mol. The number of aromatic amines is 1. The zero-order chi connectivity index (χ0) is 21.0. The van der Waals surface area contributed by atoms with Gasteiger partial charge in [-0.05, 0) is 64.8 Å². The van der Waals surface area contributed by atoms with Crippen molar-refractivity contribution in [3.63, 3.8) is 0 Å². The molecule has 0 atom stereocenters. The number of fused-ring (bicyclic) bond motifs is 1. The summed E-state index contributed by atoms with van der Waals surface area (Å²) in [5, 5.41) is 15.5. The highest BCUT2D eigenvalue weighted by Crippen LogP contribution is 2.17. The molecule has 0 amide bonds. The highest BCUT2D eigenvalue weighted by atomic mass is 79.9. The molecule has 0 bridgehead atoms. The summed E-state index contributed by atoms with van der Waals surface area (Å²) in [4.78, 5) is 18.2. The van der Waals surface area contributed by atoms with Crippen molar-refractivity contribution in [2.75, 3.05) is 6.61 Å². The SMILES string of the molecule is CC(=O)c1cc(Br)cnc1F.CCO.Cc1[nH]nc2ncc(Br)cc12.NN. The molecule has 148 valence electrons. The van der Waals surface area contributed by atoms with Gasteiger partial charge in [0, 0.05) is 39.0 Å². The Morgan fingerprint density at radius 1 is 1.22 bits per heavy atom. The molecule has 0 spiro atoms. The van der Waals surface area contributed by atoms with E-state index in [1.54, 1.807) is 13.1 Å². The molecular weight excluding hydrogens is 487 g/mol. The molecule has 3 heterocycles. The smallest absolute Gasteiger partial charge is 0.223 e. The molecule has 11 heteroatoms. The van der Waals surface area contributed by atoms with Crippen molar-refractivity contribution in [1.82, 2.24) is 20.2 Å². The van der Waals surface area contributed by atoms with E-state index in [4.69, 9.17) is 5.11 Å². The summed E-state index contributed by atoms with van der Waals surface area (Å²) in [6, 6.07) is 3.41. The molecule has 0 saturated heterocycles. The number of hydrazine groups is 1. The molecule has 3 aromatic rings. The number of nitrogens with one attached hydrogen (secondary N) is 1. The van der Waals surface area contributed by atoms with Crippen molar-refractivity contribution >= 4 is 48.7 Å². The Labute approximate surface area is 172 Å². The molecule has 0 saturated carbocycles. The van der Waals surface area contributed by atoms with Gasteiger partial charge < -0.3 is 5.11 Å². The van der Waals surface area contributed by atoms with Crippen LogP contribution in [-0.4, -0.2) is 37.7 Å². The Balaban J connectivity index is 0.000000406. The van der Waals surface area contributed by atoms with Gasteiger partial charge in [0.2, 0.25) is 5.95 Å². The number of ketones is 1. The van der Waals surface area contributed by atoms with Gasteiger partial charge in [0.15, 0.2) is 11.4 Å². The lowest BCUT2D eigenvalue weighted by atomic mass is 10.2. The Hall–Kier alpha value is -1.79. The zero-order valence-corrected chi connectivity index (χ0v) is 18.2. The Kier molecular flexibility index (Phi) is 12.5. The van der Waals surface area contributed by atoms with Gasteiger partial charge in [0.1, 0.15) is 0 Å². The predicted molar refractivity (Wildman–Crippen MR) is 109 cm³/mol. The Morgan fingerprint density at radius 2 is 1.74 bits per heavy atom. The van der Waals surface area contributed by atoms with E-state index < -0.39 is 5.95 Å². The van der Waals surface area contributed by atoms with Gasteiger partial charge in [0.05, 0.1) is 5.56 Å². The second-order valence-electron chi connectivity index (χ2n) is 4.74. The largest absolute Gasteiger partial charge is 0.397 e. The molecule has 27 heavy (non-hydrogen) atoms. The lowest BCUT2D eigenvalue weighted by Crippen LogP contribution is -2.02. The zero-order valence-electron chi connectivity index (χ0n) is 15.0. The molecule has 0 fully saturated rings. The van der Waals surface area contributed by atoms with Crippen molar-refractivity contribution in [2.45, 2.75) is 20.8 Å². The number of carbonyl (C=O) groups excluding carboxylic acids is 1. The van der Waals surface area contributed by atoms with Crippen LogP contribution in [0.5, 0.6) is 0 Å². The van der Waals surface area contributed by atoms with Crippen LogP contribution < -0.4 is 11.7 Å². The first-order valence-corrected chi connectivity index (χ1v) is 9.11. The number of hydrogen-bond acceptors (Lipinski definition) is 7. The van der Waals surface area contributed by atoms with Gasteiger partial charge in [-0.25, -0.2) is 9.97 Å². The number of carbonyl (C=O) groups is 1. The Bertz CT molecular complexity index is 860. The minimum atomic E-state index is -0.722. The summed E-state index contributed by atoms with van der Waals surface area (Å²) in [5.74, 6) is 6.96. The number of halogens is 3. The maximum absolute atomic E-state index is 12.7. The van der Waals surface area contributed by atoms with Crippen molar-refractivity contribution < 1.29 is 14.3 Å². The first-order chi connectivity index (χ1) is 12.8. The summed E-state index contributed by atoms with van der Waals surface area (Å²) in [6.07, 6.45) is 3.05. The second-order valence-corrected chi connectivity index (χ2v) is 6.57. The number of nitrogens with two attached hydrogens (primary N) is 2. The summed E-state index contributed by atoms with van der Waals surface area (Å²) in [6.45, 7) is 5.20. The maximum atomic E-state index is 12.7. The predicted octanol–water partition coefficient (Wildman–Crippen LogP) is 3.03. The van der Waals surface area contributed by atoms with Crippen molar-refractivity contribution in [1.29, 1.82) is 0 Å². The number of hydrogen-bond donors (Lipinski definition) is 4. The molecule has 0 aliphatic heterocycles. The van der Waals surface area contributed by atoms with Crippen LogP contribution in [0.1, 0.15) is 29.9 Å². The van der Waals surface area contributed by atoms with Crippen LogP contribution >= 0.6 is 31.9 Å². The van der Waals surface area contributed by atoms with Crippen LogP contribution in [0, 0.1) is 12.9 Å². The van der Waals surface area contributed by atoms with Gasteiger partial charge in [-0.15, -0.1) is 0 Å². The number of aryl methyl sites for hydroxylation is 1. The highest BCUT2D eigenvalue weighted by Gasteiger charge is 2.07. The van der Waals surface area contributed by atoms with E-state index in [9.17, 15) is 9.18 Å². The van der Waals surface area contributed by atoms with Crippen LogP contribution in [0.2, 0.25) is 0 Å². The van der Waals surface area contributed by atoms with E-state index in [2.05, 4.69) is 63.7 Å². The number of aromatic nitrogens is 4. The third kappa shape index (κ3) is 8.63. The number of aliphatic hydroxyl groups excluding tert-OH is 1. The van der Waals surface area contributed by atoms with Crippen molar-refractivity contribution in [3.8, 4) is 0 Å². The number of nitrogens with zero attached hydrogens (tertiary/aromatic N) is 3. The van der Waals surface area contributed by atoms with Crippen LogP contribution in [-0.2, 0) is 0 Å². The molecule has 0 aliphatic rings. The number of pyridine rings is 2. The lowest BCUT2D eigenvalue weighted by molar-refractivity contribution is 0.101. The summed E-state index contributed by atoms with van der Waals surface area (Å²) >= 11 is 6.43. The van der Waals surface area contributed by atoms with Crippen molar-refractivity contribution in [2.24, 2.45) is 11.7 Å². The summed E-state index contributed by atoms with van der Waals surface area (Å²) in [5.41, 5.74) is 1.83. The first-order valence-electron chi connectivity index (χ1n) is 7.52. The van der Waals surface area contributed by atoms with Gasteiger partial charge in [-0.2, -0.15) is 9.49 Å². The number of rotatable bonds is 1. The number of H-pyrrole nitrogens is 1. The van der Waals surface area contributed by atoms with Crippen LogP contribution in [0.4, 0.5) is 4.39 Å². The molecule has 3 aromatic heterocycles. The summed E-state index contributed by atoms with van der Waals surface area (Å²) in [7, 11) is 0. The topological polar surface area (TPSA) is 144 Å². The second kappa shape index (κ2) is 13.4. The Morgan fingerprint density at radius 3 is 2.26 bits per heavy atom. The normalized spacial score (nSPS) is 9.22. The van der Waals surface area contributed by atoms with E-state index in [0.29, 0.717) is 4.47 Å². The molecule has 0 unspecified atom stereocenters. The third-order valence-electron chi connectivity index (χ3n) is 2.75. The third-order valence-corrected chi connectivity index (χ3v) is 3.62. The van der Waals surface area contributed by atoms with Gasteiger partial charge in [-0.3, -0.25) is 21.6 Å². The van der Waals surface area contributed by atoms with Gasteiger partial charge in [0.25, 0.3) is 0 Å². The van der Waals surface area contributed by atoms with Crippen LogP contribution in [0.3, 0.4) is 0 Å². The molecular formula is C16H21Br2FN6O2. The number of aliphatic hydroxyl groups is 1. The highest BCUT2D eigenvalue weighted by molar-refractivity contribution is 9.10. The minimum Gasteiger partial charge on any atom is -0.397 e. The standard InChI is InChI=1S/C7H5BrFNO.C7H6BrN3.C2H6O.H4N2/c1-4(11)6-2-5(8)3-10-7(6)9;1-4-6-2-5(8)3-9-7(6)11-10-4;1-2-3;1-2/h2-3H,1H3;2-3H,1H3,(H,9,10,11);3H,2H2,1H3;1-2H2. The minimum absolute atomic E-state index is 0.0133. The van der Waals surface area contributed by atoms with Gasteiger partial charge >= 0.3 is 0 Å². The van der Waals surface area contributed by atoms with E-state index in [-0.39, 0.29) is 18.0 Å². The molecule has 0 aromatic carbocycles. The fourth-order valence-corrected chi connectivity index (χ4v) is 2.33. The average molecular weight is 508 g/mol.